The highest BCUT2D eigenvalue weighted by Gasteiger charge is 2.28. The lowest BCUT2D eigenvalue weighted by Gasteiger charge is -2.37. The molecule has 2 N–H and O–H groups in total. The average molecular weight is 211 g/mol. The van der Waals surface area contributed by atoms with Crippen LogP contribution in [0, 0.1) is 6.92 Å². The molecule has 2 rings (SSSR count). The largest absolute Gasteiger partial charge is 0.313 e. The van der Waals surface area contributed by atoms with Crippen molar-refractivity contribution in [3.63, 3.8) is 0 Å². The molecule has 1 fully saturated rings. The summed E-state index contributed by atoms with van der Waals surface area (Å²) in [7, 11) is 0. The van der Waals surface area contributed by atoms with Gasteiger partial charge >= 0.3 is 0 Å². The molecule has 1 saturated heterocycles. The van der Waals surface area contributed by atoms with Crippen LogP contribution in [0.2, 0.25) is 0 Å². The number of thiazole rings is 1. The number of aryl methyl sites for hydroxylation is 1. The Balaban J connectivity index is 2.12. The van der Waals surface area contributed by atoms with E-state index in [2.05, 4.69) is 36.4 Å². The molecule has 1 aliphatic heterocycles. The smallest absolute Gasteiger partial charge is 0.0897 e. The summed E-state index contributed by atoms with van der Waals surface area (Å²) in [6.07, 6.45) is 1.99. The highest BCUT2D eigenvalue weighted by atomic mass is 32.1. The first kappa shape index (κ1) is 10.1. The minimum atomic E-state index is 0.181. The molecule has 0 aromatic carbocycles. The molecule has 0 bridgehead atoms. The van der Waals surface area contributed by atoms with E-state index in [1.165, 1.54) is 4.88 Å². The maximum absolute atomic E-state index is 4.29. The number of piperazine rings is 1. The summed E-state index contributed by atoms with van der Waals surface area (Å²) in [4.78, 5) is 5.63. The van der Waals surface area contributed by atoms with E-state index in [0.717, 1.165) is 18.1 Å². The topological polar surface area (TPSA) is 37.0 Å². The molecule has 1 atom stereocenters. The lowest BCUT2D eigenvalue weighted by molar-refractivity contribution is 0.267. The Hall–Kier alpha value is -0.450. The Bertz CT molecular complexity index is 319. The number of rotatable bonds is 1. The van der Waals surface area contributed by atoms with Crippen molar-refractivity contribution in [3.05, 3.63) is 16.1 Å². The van der Waals surface area contributed by atoms with Crippen LogP contribution in [0.4, 0.5) is 0 Å². The first-order valence-electron chi connectivity index (χ1n) is 4.97. The summed E-state index contributed by atoms with van der Waals surface area (Å²) in [5.41, 5.74) is 0.181. The Labute approximate surface area is 88.9 Å². The minimum Gasteiger partial charge on any atom is -0.313 e. The van der Waals surface area contributed by atoms with Gasteiger partial charge in [-0.05, 0) is 20.8 Å². The Morgan fingerprint density at radius 2 is 2.36 bits per heavy atom. The van der Waals surface area contributed by atoms with Crippen LogP contribution in [0.3, 0.4) is 0 Å². The lowest BCUT2D eigenvalue weighted by atomic mass is 10.00. The van der Waals surface area contributed by atoms with Gasteiger partial charge in [-0.25, -0.2) is 4.98 Å². The van der Waals surface area contributed by atoms with Gasteiger partial charge in [0, 0.05) is 29.7 Å². The first-order chi connectivity index (χ1) is 6.57. The van der Waals surface area contributed by atoms with E-state index in [1.54, 1.807) is 11.3 Å². The van der Waals surface area contributed by atoms with Crippen molar-refractivity contribution in [2.24, 2.45) is 0 Å². The van der Waals surface area contributed by atoms with Crippen molar-refractivity contribution >= 4 is 11.3 Å². The molecular weight excluding hydrogens is 194 g/mol. The molecule has 1 unspecified atom stereocenters. The standard InChI is InChI=1S/C10H17N3S/c1-7-12-5-9(14-7)8-4-11-6-10(2,3)13-8/h5,8,11,13H,4,6H2,1-3H3. The Morgan fingerprint density at radius 3 is 2.93 bits per heavy atom. The third kappa shape index (κ3) is 2.13. The quantitative estimate of drug-likeness (QED) is 0.738. The molecule has 0 aliphatic carbocycles. The van der Waals surface area contributed by atoms with Gasteiger partial charge in [-0.3, -0.25) is 0 Å². The van der Waals surface area contributed by atoms with Crippen LogP contribution in [0.25, 0.3) is 0 Å². The predicted octanol–water partition coefficient (Wildman–Crippen LogP) is 1.46. The van der Waals surface area contributed by atoms with E-state index >= 15 is 0 Å². The van der Waals surface area contributed by atoms with Gasteiger partial charge in [0.05, 0.1) is 11.0 Å². The summed E-state index contributed by atoms with van der Waals surface area (Å²) >= 11 is 1.78. The second kappa shape index (κ2) is 3.61. The van der Waals surface area contributed by atoms with Gasteiger partial charge in [0.25, 0.3) is 0 Å². The van der Waals surface area contributed by atoms with Gasteiger partial charge in [0.15, 0.2) is 0 Å². The van der Waals surface area contributed by atoms with E-state index in [1.807, 2.05) is 6.20 Å². The minimum absolute atomic E-state index is 0.181. The van der Waals surface area contributed by atoms with E-state index in [9.17, 15) is 0 Å². The fourth-order valence-corrected chi connectivity index (χ4v) is 2.65. The molecule has 3 nitrogen and oxygen atoms in total. The zero-order valence-corrected chi connectivity index (χ0v) is 9.74. The lowest BCUT2D eigenvalue weighted by Crippen LogP contribution is -2.56. The van der Waals surface area contributed by atoms with Crippen molar-refractivity contribution in [2.45, 2.75) is 32.4 Å². The van der Waals surface area contributed by atoms with Crippen LogP contribution >= 0.6 is 11.3 Å². The molecule has 0 saturated carbocycles. The van der Waals surface area contributed by atoms with Gasteiger partial charge in [-0.15, -0.1) is 11.3 Å². The van der Waals surface area contributed by atoms with Gasteiger partial charge in [-0.1, -0.05) is 0 Å². The molecule has 78 valence electrons. The fraction of sp³-hybridized carbons (Fsp3) is 0.700. The summed E-state index contributed by atoms with van der Waals surface area (Å²) < 4.78 is 0. The molecule has 1 aromatic rings. The maximum atomic E-state index is 4.29. The first-order valence-corrected chi connectivity index (χ1v) is 5.79. The molecule has 0 spiro atoms. The predicted molar refractivity (Wildman–Crippen MR) is 59.7 cm³/mol. The highest BCUT2D eigenvalue weighted by molar-refractivity contribution is 7.11. The fourth-order valence-electron chi connectivity index (χ4n) is 1.81. The van der Waals surface area contributed by atoms with E-state index < -0.39 is 0 Å². The van der Waals surface area contributed by atoms with Gasteiger partial charge in [0.2, 0.25) is 0 Å². The van der Waals surface area contributed by atoms with Gasteiger partial charge in [-0.2, -0.15) is 0 Å². The van der Waals surface area contributed by atoms with Crippen LogP contribution < -0.4 is 10.6 Å². The van der Waals surface area contributed by atoms with Gasteiger partial charge < -0.3 is 10.6 Å². The molecule has 0 radical (unpaired) electrons. The van der Waals surface area contributed by atoms with E-state index in [4.69, 9.17) is 0 Å². The second-order valence-corrected chi connectivity index (χ2v) is 5.76. The van der Waals surface area contributed by atoms with Crippen molar-refractivity contribution in [2.75, 3.05) is 13.1 Å². The maximum Gasteiger partial charge on any atom is 0.0897 e. The van der Waals surface area contributed by atoms with Crippen molar-refractivity contribution in [1.29, 1.82) is 0 Å². The number of hydrogen-bond donors (Lipinski definition) is 2. The summed E-state index contributed by atoms with van der Waals surface area (Å²) in [6.45, 7) is 8.53. The zero-order valence-electron chi connectivity index (χ0n) is 8.92. The number of nitrogens with one attached hydrogen (secondary N) is 2. The van der Waals surface area contributed by atoms with Crippen LogP contribution in [-0.4, -0.2) is 23.6 Å². The van der Waals surface area contributed by atoms with Crippen molar-refractivity contribution < 1.29 is 0 Å². The zero-order chi connectivity index (χ0) is 10.2. The Morgan fingerprint density at radius 1 is 1.57 bits per heavy atom. The monoisotopic (exact) mass is 211 g/mol. The third-order valence-electron chi connectivity index (χ3n) is 2.46. The van der Waals surface area contributed by atoms with Crippen LogP contribution in [0.5, 0.6) is 0 Å². The van der Waals surface area contributed by atoms with Crippen LogP contribution in [0.15, 0.2) is 6.20 Å². The summed E-state index contributed by atoms with van der Waals surface area (Å²) in [5, 5.41) is 8.22. The van der Waals surface area contributed by atoms with Crippen LogP contribution in [-0.2, 0) is 0 Å². The molecule has 0 amide bonds. The number of aromatic nitrogens is 1. The normalized spacial score (nSPS) is 26.4. The van der Waals surface area contributed by atoms with Crippen molar-refractivity contribution in [3.8, 4) is 0 Å². The third-order valence-corrected chi connectivity index (χ3v) is 3.49. The molecular formula is C10H17N3S. The number of nitrogens with zero attached hydrogens (tertiary/aromatic N) is 1. The van der Waals surface area contributed by atoms with Crippen LogP contribution in [0.1, 0.15) is 29.8 Å². The molecule has 1 aliphatic rings. The molecule has 14 heavy (non-hydrogen) atoms. The van der Waals surface area contributed by atoms with Gasteiger partial charge in [0.1, 0.15) is 0 Å². The number of hydrogen-bond acceptors (Lipinski definition) is 4. The SMILES string of the molecule is Cc1ncc(C2CNCC(C)(C)N2)s1. The van der Waals surface area contributed by atoms with E-state index in [-0.39, 0.29) is 5.54 Å². The molecule has 1 aromatic heterocycles. The average Bonchev–Trinajstić information content (AvgIpc) is 2.50. The molecule has 2 heterocycles. The summed E-state index contributed by atoms with van der Waals surface area (Å²) in [6, 6.07) is 0.421. The Kier molecular flexibility index (Phi) is 2.60. The summed E-state index contributed by atoms with van der Waals surface area (Å²) in [5.74, 6) is 0. The van der Waals surface area contributed by atoms with E-state index in [0.29, 0.717) is 6.04 Å². The molecule has 4 heteroatoms. The van der Waals surface area contributed by atoms with Crippen molar-refractivity contribution in [1.82, 2.24) is 15.6 Å². The highest BCUT2D eigenvalue weighted by Crippen LogP contribution is 2.24. The second-order valence-electron chi connectivity index (χ2n) is 4.49.